The number of hydrogen-bond acceptors (Lipinski definition) is 8. The smallest absolute Gasteiger partial charge is 0.275 e. The van der Waals surface area contributed by atoms with Crippen LogP contribution in [0.3, 0.4) is 0 Å². The van der Waals surface area contributed by atoms with E-state index in [0.29, 0.717) is 36.6 Å². The molecule has 1 amide bonds. The van der Waals surface area contributed by atoms with E-state index >= 15 is 4.39 Å². The van der Waals surface area contributed by atoms with Gasteiger partial charge in [-0.2, -0.15) is 0 Å². The lowest BCUT2D eigenvalue weighted by molar-refractivity contribution is 0.0960. The van der Waals surface area contributed by atoms with Crippen molar-refractivity contribution < 1.29 is 13.9 Å². The minimum atomic E-state index is -0.660. The van der Waals surface area contributed by atoms with E-state index in [4.69, 9.17) is 4.74 Å². The lowest BCUT2D eigenvalue weighted by Crippen LogP contribution is -2.45. The Balaban J connectivity index is 1.55. The fourth-order valence-corrected chi connectivity index (χ4v) is 4.66. The molecule has 0 radical (unpaired) electrons. The van der Waals surface area contributed by atoms with Crippen LogP contribution in [0, 0.1) is 19.7 Å². The molecule has 1 aromatic carbocycles. The Bertz CT molecular complexity index is 1360. The monoisotopic (exact) mass is 481 g/mol. The second-order valence-corrected chi connectivity index (χ2v) is 9.22. The summed E-state index contributed by atoms with van der Waals surface area (Å²) < 4.78 is 23.3. The molecule has 0 aliphatic carbocycles. The molecule has 184 valence electrons. The van der Waals surface area contributed by atoms with Crippen molar-refractivity contribution in [3.63, 3.8) is 0 Å². The number of piperazine rings is 1. The SMILES string of the molecule is Cc1cc(C)nc(NNC(=O)c2cn3c4c(c(N5CCN(C)CC5)c(F)cc4c2=O)OC[C@@H]3C)n1. The van der Waals surface area contributed by atoms with Gasteiger partial charge < -0.3 is 19.1 Å². The molecule has 10 nitrogen and oxygen atoms in total. The van der Waals surface area contributed by atoms with Crippen LogP contribution >= 0.6 is 0 Å². The fraction of sp³-hybridized carbons (Fsp3) is 0.417. The number of benzene rings is 1. The molecule has 0 spiro atoms. The summed E-state index contributed by atoms with van der Waals surface area (Å²) in [6.45, 7) is 8.76. The van der Waals surface area contributed by atoms with Crippen LogP contribution in [-0.4, -0.2) is 65.2 Å². The molecule has 1 saturated heterocycles. The van der Waals surface area contributed by atoms with E-state index in [1.54, 1.807) is 6.07 Å². The molecular formula is C24H28FN7O3. The second kappa shape index (κ2) is 8.81. The van der Waals surface area contributed by atoms with Crippen LogP contribution in [0.1, 0.15) is 34.7 Å². The van der Waals surface area contributed by atoms with E-state index in [9.17, 15) is 9.59 Å². The molecule has 0 saturated carbocycles. The molecule has 1 atom stereocenters. The van der Waals surface area contributed by atoms with Crippen LogP contribution in [0.4, 0.5) is 16.0 Å². The van der Waals surface area contributed by atoms with Gasteiger partial charge in [0, 0.05) is 43.8 Å². The van der Waals surface area contributed by atoms with Crippen molar-refractivity contribution >= 4 is 28.4 Å². The van der Waals surface area contributed by atoms with E-state index in [0.717, 1.165) is 24.5 Å². The van der Waals surface area contributed by atoms with Crippen molar-refractivity contribution in [1.82, 2.24) is 24.9 Å². The molecule has 3 aromatic rings. The minimum absolute atomic E-state index is 0.109. The molecule has 0 unspecified atom stereocenters. The number of likely N-dealkylation sites (N-methyl/N-ethyl adjacent to an activating group) is 1. The van der Waals surface area contributed by atoms with Gasteiger partial charge in [-0.3, -0.25) is 20.4 Å². The van der Waals surface area contributed by atoms with Crippen LogP contribution in [0.25, 0.3) is 10.9 Å². The number of carbonyl (C=O) groups is 1. The van der Waals surface area contributed by atoms with Gasteiger partial charge in [0.2, 0.25) is 11.4 Å². The Morgan fingerprint density at radius 1 is 1.14 bits per heavy atom. The highest BCUT2D eigenvalue weighted by Crippen LogP contribution is 2.42. The van der Waals surface area contributed by atoms with Crippen molar-refractivity contribution in [3.05, 3.63) is 51.3 Å². The molecule has 35 heavy (non-hydrogen) atoms. The van der Waals surface area contributed by atoms with Crippen molar-refractivity contribution in [2.45, 2.75) is 26.8 Å². The third-order valence-electron chi connectivity index (χ3n) is 6.48. The molecule has 5 rings (SSSR count). The van der Waals surface area contributed by atoms with Crippen LogP contribution < -0.4 is 25.9 Å². The summed E-state index contributed by atoms with van der Waals surface area (Å²) in [6.07, 6.45) is 1.52. The van der Waals surface area contributed by atoms with Crippen LogP contribution in [-0.2, 0) is 0 Å². The van der Waals surface area contributed by atoms with E-state index in [-0.39, 0.29) is 22.9 Å². The maximum atomic E-state index is 15.4. The number of hydrazine groups is 1. The first-order valence-electron chi connectivity index (χ1n) is 11.6. The number of aromatic nitrogens is 3. The first-order chi connectivity index (χ1) is 16.7. The average molecular weight is 482 g/mol. The highest BCUT2D eigenvalue weighted by molar-refractivity contribution is 6.00. The largest absolute Gasteiger partial charge is 0.487 e. The Kier molecular flexibility index (Phi) is 5.79. The normalized spacial score (nSPS) is 17.9. The van der Waals surface area contributed by atoms with Crippen molar-refractivity contribution in [1.29, 1.82) is 0 Å². The zero-order valence-electron chi connectivity index (χ0n) is 20.2. The molecular weight excluding hydrogens is 453 g/mol. The van der Waals surface area contributed by atoms with Gasteiger partial charge >= 0.3 is 0 Å². The first-order valence-corrected chi connectivity index (χ1v) is 11.6. The number of aryl methyl sites for hydroxylation is 2. The van der Waals surface area contributed by atoms with Gasteiger partial charge in [0.25, 0.3) is 5.91 Å². The summed E-state index contributed by atoms with van der Waals surface area (Å²) in [5, 5.41) is 0.109. The predicted molar refractivity (Wildman–Crippen MR) is 131 cm³/mol. The quantitative estimate of drug-likeness (QED) is 0.546. The second-order valence-electron chi connectivity index (χ2n) is 9.22. The Hall–Kier alpha value is -3.73. The van der Waals surface area contributed by atoms with Crippen molar-refractivity contribution in [2.75, 3.05) is 50.2 Å². The number of nitrogens with zero attached hydrogens (tertiary/aromatic N) is 5. The first kappa shape index (κ1) is 23.0. The molecule has 0 bridgehead atoms. The number of pyridine rings is 1. The van der Waals surface area contributed by atoms with Gasteiger partial charge in [0.1, 0.15) is 17.9 Å². The van der Waals surface area contributed by atoms with Gasteiger partial charge in [-0.1, -0.05) is 0 Å². The van der Waals surface area contributed by atoms with Gasteiger partial charge in [0.15, 0.2) is 11.6 Å². The minimum Gasteiger partial charge on any atom is -0.487 e. The molecule has 1 fully saturated rings. The number of rotatable bonds is 4. The Morgan fingerprint density at radius 3 is 2.51 bits per heavy atom. The summed E-state index contributed by atoms with van der Waals surface area (Å²) in [5.41, 5.74) is 6.82. The number of carbonyl (C=O) groups excluding carboxylic acids is 1. The summed E-state index contributed by atoms with van der Waals surface area (Å²) in [6, 6.07) is 2.88. The molecule has 2 N–H and O–H groups in total. The molecule has 2 aliphatic rings. The Labute approximate surface area is 201 Å². The maximum Gasteiger partial charge on any atom is 0.275 e. The standard InChI is InChI=1S/C24H28FN7O3/c1-13-9-14(2)27-24(26-13)29-28-23(34)17-11-32-15(3)12-35-22-19(32)16(21(17)33)10-18(25)20(22)31-7-5-30(4)6-8-31/h9-11,15H,5-8,12H2,1-4H3,(H,28,34)(H,26,27,29)/t15-/m0/s1. The van der Waals surface area contributed by atoms with Gasteiger partial charge in [0.05, 0.1) is 16.9 Å². The van der Waals surface area contributed by atoms with Gasteiger partial charge in [-0.25, -0.2) is 14.4 Å². The van der Waals surface area contributed by atoms with Crippen LogP contribution in [0.5, 0.6) is 5.75 Å². The number of anilines is 2. The zero-order chi connectivity index (χ0) is 24.9. The summed E-state index contributed by atoms with van der Waals surface area (Å²) in [4.78, 5) is 38.9. The number of ether oxygens (including phenoxy) is 1. The summed E-state index contributed by atoms with van der Waals surface area (Å²) in [5.74, 6) is -0.625. The lowest BCUT2D eigenvalue weighted by Gasteiger charge is -2.37. The van der Waals surface area contributed by atoms with E-state index < -0.39 is 17.2 Å². The van der Waals surface area contributed by atoms with Crippen molar-refractivity contribution in [2.24, 2.45) is 0 Å². The summed E-state index contributed by atoms with van der Waals surface area (Å²) in [7, 11) is 2.03. The van der Waals surface area contributed by atoms with E-state index in [2.05, 4.69) is 25.7 Å². The van der Waals surface area contributed by atoms with Crippen molar-refractivity contribution in [3.8, 4) is 5.75 Å². The zero-order valence-corrected chi connectivity index (χ0v) is 20.2. The van der Waals surface area contributed by atoms with E-state index in [1.807, 2.05) is 37.3 Å². The average Bonchev–Trinajstić information content (AvgIpc) is 2.81. The molecule has 2 aromatic heterocycles. The summed E-state index contributed by atoms with van der Waals surface area (Å²) >= 11 is 0. The topological polar surface area (TPSA) is 105 Å². The van der Waals surface area contributed by atoms with E-state index in [1.165, 1.54) is 12.3 Å². The van der Waals surface area contributed by atoms with Gasteiger partial charge in [-0.15, -0.1) is 0 Å². The maximum absolute atomic E-state index is 15.4. The van der Waals surface area contributed by atoms with Crippen LogP contribution in [0.15, 0.2) is 23.1 Å². The molecule has 11 heteroatoms. The highest BCUT2D eigenvalue weighted by Gasteiger charge is 2.31. The third kappa shape index (κ3) is 4.16. The number of hydrogen-bond donors (Lipinski definition) is 2. The number of amides is 1. The number of halogens is 1. The fourth-order valence-electron chi connectivity index (χ4n) is 4.66. The lowest BCUT2D eigenvalue weighted by atomic mass is 10.0. The predicted octanol–water partition coefficient (Wildman–Crippen LogP) is 2.01. The third-order valence-corrected chi connectivity index (χ3v) is 6.48. The Morgan fingerprint density at radius 2 is 1.83 bits per heavy atom. The highest BCUT2D eigenvalue weighted by atomic mass is 19.1. The van der Waals surface area contributed by atoms with Gasteiger partial charge in [-0.05, 0) is 40.0 Å². The van der Waals surface area contributed by atoms with Crippen LogP contribution in [0.2, 0.25) is 0 Å². The molecule has 4 heterocycles. The number of nitrogens with one attached hydrogen (secondary N) is 2. The molecule has 2 aliphatic heterocycles.